The van der Waals surface area contributed by atoms with Crippen molar-refractivity contribution in [3.8, 4) is 0 Å². The summed E-state index contributed by atoms with van der Waals surface area (Å²) in [7, 11) is 0. The van der Waals surface area contributed by atoms with E-state index in [0.29, 0.717) is 5.92 Å². The van der Waals surface area contributed by atoms with E-state index < -0.39 is 0 Å². The third-order valence-corrected chi connectivity index (χ3v) is 4.90. The van der Waals surface area contributed by atoms with Gasteiger partial charge in [-0.2, -0.15) is 5.10 Å². The number of rotatable bonds is 6. The SMILES string of the molecule is CCc1nn(CC)c(CC(C)(N)C(C)CC)c1Br. The van der Waals surface area contributed by atoms with E-state index in [1.165, 1.54) is 5.69 Å². The molecule has 104 valence electrons. The molecule has 0 saturated carbocycles. The van der Waals surface area contributed by atoms with Crippen molar-refractivity contribution >= 4 is 15.9 Å². The second kappa shape index (κ2) is 6.20. The van der Waals surface area contributed by atoms with Gasteiger partial charge in [-0.25, -0.2) is 0 Å². The van der Waals surface area contributed by atoms with Gasteiger partial charge in [0.2, 0.25) is 0 Å². The number of hydrogen-bond donors (Lipinski definition) is 1. The zero-order valence-electron chi connectivity index (χ0n) is 12.3. The molecule has 2 N–H and O–H groups in total. The highest BCUT2D eigenvalue weighted by Crippen LogP contribution is 2.29. The van der Waals surface area contributed by atoms with Crippen molar-refractivity contribution in [2.24, 2.45) is 11.7 Å². The highest BCUT2D eigenvalue weighted by Gasteiger charge is 2.28. The molecule has 2 unspecified atom stereocenters. The first-order valence-electron chi connectivity index (χ1n) is 6.90. The number of halogens is 1. The van der Waals surface area contributed by atoms with Gasteiger partial charge in [-0.1, -0.05) is 27.2 Å². The van der Waals surface area contributed by atoms with Gasteiger partial charge in [0.05, 0.1) is 15.9 Å². The third kappa shape index (κ3) is 3.15. The second-order valence-electron chi connectivity index (χ2n) is 5.37. The standard InChI is InChI=1S/C14H26BrN3/c1-6-10(4)14(5,16)9-12-13(15)11(7-2)17-18(12)8-3/h10H,6-9,16H2,1-5H3. The molecule has 0 aliphatic rings. The summed E-state index contributed by atoms with van der Waals surface area (Å²) in [6.45, 7) is 11.7. The third-order valence-electron chi connectivity index (χ3n) is 3.98. The van der Waals surface area contributed by atoms with Gasteiger partial charge in [-0.05, 0) is 42.1 Å². The van der Waals surface area contributed by atoms with Gasteiger partial charge in [-0.3, -0.25) is 4.68 Å². The molecule has 1 rings (SSSR count). The van der Waals surface area contributed by atoms with Crippen molar-refractivity contribution in [2.45, 2.75) is 66.0 Å². The van der Waals surface area contributed by atoms with Gasteiger partial charge >= 0.3 is 0 Å². The van der Waals surface area contributed by atoms with Crippen LogP contribution in [0.2, 0.25) is 0 Å². The Morgan fingerprint density at radius 1 is 1.39 bits per heavy atom. The van der Waals surface area contributed by atoms with Gasteiger partial charge in [-0.15, -0.1) is 0 Å². The molecular weight excluding hydrogens is 290 g/mol. The normalized spacial score (nSPS) is 16.6. The summed E-state index contributed by atoms with van der Waals surface area (Å²) >= 11 is 3.69. The van der Waals surface area contributed by atoms with E-state index in [0.717, 1.165) is 36.0 Å². The van der Waals surface area contributed by atoms with Crippen LogP contribution in [-0.2, 0) is 19.4 Å². The van der Waals surface area contributed by atoms with Gasteiger partial charge in [0.1, 0.15) is 0 Å². The van der Waals surface area contributed by atoms with Crippen LogP contribution in [0.1, 0.15) is 52.4 Å². The van der Waals surface area contributed by atoms with Crippen molar-refractivity contribution in [3.05, 3.63) is 15.9 Å². The molecule has 1 aromatic rings. The summed E-state index contributed by atoms with van der Waals surface area (Å²) in [5, 5.41) is 4.63. The quantitative estimate of drug-likeness (QED) is 0.872. The Bertz CT molecular complexity index is 396. The van der Waals surface area contributed by atoms with Crippen LogP contribution in [0.4, 0.5) is 0 Å². The lowest BCUT2D eigenvalue weighted by molar-refractivity contribution is 0.299. The Morgan fingerprint density at radius 3 is 2.44 bits per heavy atom. The molecule has 3 nitrogen and oxygen atoms in total. The lowest BCUT2D eigenvalue weighted by Gasteiger charge is -2.31. The van der Waals surface area contributed by atoms with Crippen molar-refractivity contribution in [2.75, 3.05) is 0 Å². The predicted octanol–water partition coefficient (Wildman–Crippen LogP) is 3.53. The van der Waals surface area contributed by atoms with Crippen LogP contribution in [-0.4, -0.2) is 15.3 Å². The molecule has 18 heavy (non-hydrogen) atoms. The summed E-state index contributed by atoms with van der Waals surface area (Å²) in [5.41, 5.74) is 8.67. The van der Waals surface area contributed by atoms with Crippen molar-refractivity contribution in [1.82, 2.24) is 9.78 Å². The predicted molar refractivity (Wildman–Crippen MR) is 80.7 cm³/mol. The first-order chi connectivity index (χ1) is 8.37. The van der Waals surface area contributed by atoms with E-state index in [1.54, 1.807) is 0 Å². The van der Waals surface area contributed by atoms with E-state index in [9.17, 15) is 0 Å². The number of nitrogens with two attached hydrogens (primary N) is 1. The summed E-state index contributed by atoms with van der Waals surface area (Å²) in [4.78, 5) is 0. The molecule has 2 atom stereocenters. The zero-order valence-corrected chi connectivity index (χ0v) is 13.8. The Morgan fingerprint density at radius 2 is 2.00 bits per heavy atom. The van der Waals surface area contributed by atoms with Crippen LogP contribution in [0.3, 0.4) is 0 Å². The van der Waals surface area contributed by atoms with Crippen LogP contribution in [0.5, 0.6) is 0 Å². The Kier molecular flexibility index (Phi) is 5.41. The average Bonchev–Trinajstić information content (AvgIpc) is 2.64. The number of hydrogen-bond acceptors (Lipinski definition) is 2. The smallest absolute Gasteiger partial charge is 0.0766 e. The molecular formula is C14H26BrN3. The fourth-order valence-corrected chi connectivity index (χ4v) is 2.89. The molecule has 0 aliphatic heterocycles. The molecule has 0 amide bonds. The molecule has 4 heteroatoms. The molecule has 0 saturated heterocycles. The Balaban J connectivity index is 3.06. The van der Waals surface area contributed by atoms with Crippen molar-refractivity contribution in [3.63, 3.8) is 0 Å². The van der Waals surface area contributed by atoms with Crippen LogP contribution < -0.4 is 5.73 Å². The van der Waals surface area contributed by atoms with Crippen molar-refractivity contribution < 1.29 is 0 Å². The van der Waals surface area contributed by atoms with Gasteiger partial charge in [0, 0.05) is 18.5 Å². The molecule has 1 aromatic heterocycles. The average molecular weight is 316 g/mol. The molecule has 0 spiro atoms. The van der Waals surface area contributed by atoms with E-state index in [-0.39, 0.29) is 5.54 Å². The Labute approximate surface area is 119 Å². The molecule has 0 radical (unpaired) electrons. The maximum Gasteiger partial charge on any atom is 0.0766 e. The van der Waals surface area contributed by atoms with Gasteiger partial charge < -0.3 is 5.73 Å². The summed E-state index contributed by atoms with van der Waals surface area (Å²) in [5.74, 6) is 0.495. The van der Waals surface area contributed by atoms with E-state index in [4.69, 9.17) is 5.73 Å². The summed E-state index contributed by atoms with van der Waals surface area (Å²) in [6, 6.07) is 0. The highest BCUT2D eigenvalue weighted by molar-refractivity contribution is 9.10. The minimum atomic E-state index is -0.185. The second-order valence-corrected chi connectivity index (χ2v) is 6.16. The summed E-state index contributed by atoms with van der Waals surface area (Å²) < 4.78 is 3.22. The lowest BCUT2D eigenvalue weighted by atomic mass is 9.82. The molecule has 1 heterocycles. The first-order valence-corrected chi connectivity index (χ1v) is 7.69. The number of nitrogens with zero attached hydrogens (tertiary/aromatic N) is 2. The van der Waals surface area contributed by atoms with E-state index >= 15 is 0 Å². The van der Waals surface area contributed by atoms with Crippen LogP contribution in [0, 0.1) is 5.92 Å². The largest absolute Gasteiger partial charge is 0.325 e. The number of aromatic nitrogens is 2. The number of aryl methyl sites for hydroxylation is 2. The van der Waals surface area contributed by atoms with Crippen LogP contribution >= 0.6 is 15.9 Å². The summed E-state index contributed by atoms with van der Waals surface area (Å²) in [6.07, 6.45) is 2.92. The van der Waals surface area contributed by atoms with Gasteiger partial charge in [0.15, 0.2) is 0 Å². The minimum absolute atomic E-state index is 0.185. The topological polar surface area (TPSA) is 43.8 Å². The molecule has 0 aromatic carbocycles. The highest BCUT2D eigenvalue weighted by atomic mass is 79.9. The molecule has 0 aliphatic carbocycles. The fraction of sp³-hybridized carbons (Fsp3) is 0.786. The van der Waals surface area contributed by atoms with Gasteiger partial charge in [0.25, 0.3) is 0 Å². The monoisotopic (exact) mass is 315 g/mol. The molecule has 0 fully saturated rings. The lowest BCUT2D eigenvalue weighted by Crippen LogP contribution is -2.45. The fourth-order valence-electron chi connectivity index (χ4n) is 2.19. The zero-order chi connectivity index (χ0) is 13.9. The maximum absolute atomic E-state index is 6.48. The Hall–Kier alpha value is -0.350. The first kappa shape index (κ1) is 15.7. The minimum Gasteiger partial charge on any atom is -0.325 e. The van der Waals surface area contributed by atoms with Crippen LogP contribution in [0.25, 0.3) is 0 Å². The molecule has 0 bridgehead atoms. The van der Waals surface area contributed by atoms with Crippen molar-refractivity contribution in [1.29, 1.82) is 0 Å². The van der Waals surface area contributed by atoms with E-state index in [1.807, 2.05) is 0 Å². The maximum atomic E-state index is 6.48. The van der Waals surface area contributed by atoms with Crippen LogP contribution in [0.15, 0.2) is 4.47 Å². The van der Waals surface area contributed by atoms with E-state index in [2.05, 4.69) is 60.3 Å².